The van der Waals surface area contributed by atoms with Crippen LogP contribution in [0.5, 0.6) is 0 Å². The third-order valence-electron chi connectivity index (χ3n) is 9.31. The SMILES string of the molecule is CCCCCCCC/C=C/CCCCCCCCCC(=O)OC[C@H](CO)OC(=O)CCCCCCCCCCCCCCCCCC. The van der Waals surface area contributed by atoms with Crippen molar-refractivity contribution in [2.75, 3.05) is 13.2 Å². The van der Waals surface area contributed by atoms with E-state index in [0.717, 1.165) is 38.5 Å². The van der Waals surface area contributed by atoms with E-state index in [0.29, 0.717) is 12.8 Å². The van der Waals surface area contributed by atoms with Gasteiger partial charge in [0.05, 0.1) is 6.61 Å². The van der Waals surface area contributed by atoms with Crippen LogP contribution >= 0.6 is 0 Å². The van der Waals surface area contributed by atoms with Crippen LogP contribution in [0.15, 0.2) is 12.2 Å². The van der Waals surface area contributed by atoms with Crippen molar-refractivity contribution in [2.45, 2.75) is 232 Å². The number of hydrogen-bond acceptors (Lipinski definition) is 5. The molecule has 0 spiro atoms. The van der Waals surface area contributed by atoms with Crippen LogP contribution < -0.4 is 0 Å². The smallest absolute Gasteiger partial charge is 0.306 e. The molecule has 0 aliphatic rings. The highest BCUT2D eigenvalue weighted by molar-refractivity contribution is 5.70. The molecule has 0 bridgehead atoms. The van der Waals surface area contributed by atoms with E-state index >= 15 is 0 Å². The lowest BCUT2D eigenvalue weighted by Gasteiger charge is -2.15. The molecule has 5 nitrogen and oxygen atoms in total. The van der Waals surface area contributed by atoms with Gasteiger partial charge in [-0.25, -0.2) is 0 Å². The second-order valence-corrected chi connectivity index (χ2v) is 14.1. The van der Waals surface area contributed by atoms with E-state index in [-0.39, 0.29) is 25.2 Å². The molecule has 0 aromatic carbocycles. The molecular formula is C42H80O5. The summed E-state index contributed by atoms with van der Waals surface area (Å²) in [5, 5.41) is 9.56. The maximum Gasteiger partial charge on any atom is 0.306 e. The Morgan fingerprint density at radius 1 is 0.468 bits per heavy atom. The largest absolute Gasteiger partial charge is 0.462 e. The predicted molar refractivity (Wildman–Crippen MR) is 201 cm³/mol. The van der Waals surface area contributed by atoms with Crippen molar-refractivity contribution in [2.24, 2.45) is 0 Å². The van der Waals surface area contributed by atoms with Crippen molar-refractivity contribution in [3.8, 4) is 0 Å². The molecule has 5 heteroatoms. The van der Waals surface area contributed by atoms with Crippen LogP contribution in [0.25, 0.3) is 0 Å². The van der Waals surface area contributed by atoms with Crippen molar-refractivity contribution >= 4 is 11.9 Å². The second-order valence-electron chi connectivity index (χ2n) is 14.1. The molecule has 1 N–H and O–H groups in total. The highest BCUT2D eigenvalue weighted by atomic mass is 16.6. The summed E-state index contributed by atoms with van der Waals surface area (Å²) in [4.78, 5) is 24.3. The molecule has 0 rings (SSSR count). The van der Waals surface area contributed by atoms with Crippen molar-refractivity contribution in [3.63, 3.8) is 0 Å². The van der Waals surface area contributed by atoms with Crippen molar-refractivity contribution < 1.29 is 24.2 Å². The molecule has 0 aliphatic heterocycles. The number of hydrogen-bond donors (Lipinski definition) is 1. The summed E-state index contributed by atoms with van der Waals surface area (Å²) >= 11 is 0. The third-order valence-corrected chi connectivity index (χ3v) is 9.31. The first-order valence-corrected chi connectivity index (χ1v) is 20.7. The molecule has 278 valence electrons. The van der Waals surface area contributed by atoms with Crippen molar-refractivity contribution in [1.82, 2.24) is 0 Å². The summed E-state index contributed by atoms with van der Waals surface area (Å²) in [7, 11) is 0. The number of esters is 2. The number of allylic oxidation sites excluding steroid dienone is 2. The Morgan fingerprint density at radius 3 is 1.15 bits per heavy atom. The van der Waals surface area contributed by atoms with Gasteiger partial charge in [-0.2, -0.15) is 0 Å². The van der Waals surface area contributed by atoms with Gasteiger partial charge in [0.15, 0.2) is 6.10 Å². The fraction of sp³-hybridized carbons (Fsp3) is 0.905. The number of unbranched alkanes of at least 4 members (excludes halogenated alkanes) is 28. The zero-order valence-corrected chi connectivity index (χ0v) is 31.6. The Hall–Kier alpha value is -1.36. The number of rotatable bonds is 38. The van der Waals surface area contributed by atoms with Gasteiger partial charge in [-0.3, -0.25) is 9.59 Å². The summed E-state index contributed by atoms with van der Waals surface area (Å²) in [6.45, 7) is 4.15. The lowest BCUT2D eigenvalue weighted by molar-refractivity contribution is -0.161. The minimum Gasteiger partial charge on any atom is -0.462 e. The first-order chi connectivity index (χ1) is 23.1. The maximum absolute atomic E-state index is 12.2. The van der Waals surface area contributed by atoms with E-state index in [1.165, 1.54) is 161 Å². The zero-order chi connectivity index (χ0) is 34.3. The highest BCUT2D eigenvalue weighted by Gasteiger charge is 2.16. The molecule has 0 heterocycles. The Morgan fingerprint density at radius 2 is 0.787 bits per heavy atom. The van der Waals surface area contributed by atoms with Gasteiger partial charge in [0.2, 0.25) is 0 Å². The van der Waals surface area contributed by atoms with Crippen LogP contribution in [0.4, 0.5) is 0 Å². The van der Waals surface area contributed by atoms with Crippen LogP contribution in [0.1, 0.15) is 226 Å². The van der Waals surface area contributed by atoms with Crippen LogP contribution in [0.3, 0.4) is 0 Å². The first kappa shape index (κ1) is 45.6. The quantitative estimate of drug-likeness (QED) is 0.0404. The molecular weight excluding hydrogens is 584 g/mol. The van der Waals surface area contributed by atoms with E-state index in [9.17, 15) is 14.7 Å². The molecule has 0 radical (unpaired) electrons. The fourth-order valence-corrected chi connectivity index (χ4v) is 6.14. The summed E-state index contributed by atoms with van der Waals surface area (Å²) in [5.41, 5.74) is 0. The Balaban J connectivity index is 3.51. The molecule has 0 unspecified atom stereocenters. The highest BCUT2D eigenvalue weighted by Crippen LogP contribution is 2.15. The van der Waals surface area contributed by atoms with Gasteiger partial charge in [-0.05, 0) is 38.5 Å². The summed E-state index contributed by atoms with van der Waals surface area (Å²) < 4.78 is 10.6. The normalized spacial score (nSPS) is 12.1. The standard InChI is InChI=1S/C42H80O5/c1-3-5-7-9-11-13-15-17-19-21-23-24-26-28-30-32-34-36-41(44)46-39-40(38-43)47-42(45)37-35-33-31-29-27-25-22-20-18-16-14-12-10-8-6-4-2/h17,19,40,43H,3-16,18,20-39H2,1-2H3/b19-17+/t40-/m0/s1. The molecule has 1 atom stereocenters. The van der Waals surface area contributed by atoms with E-state index in [1.54, 1.807) is 0 Å². The van der Waals surface area contributed by atoms with Crippen molar-refractivity contribution in [1.29, 1.82) is 0 Å². The van der Waals surface area contributed by atoms with Gasteiger partial charge in [0.1, 0.15) is 6.61 Å². The molecule has 0 aliphatic carbocycles. The third kappa shape index (κ3) is 37.3. The van der Waals surface area contributed by atoms with Gasteiger partial charge < -0.3 is 14.6 Å². The van der Waals surface area contributed by atoms with Crippen LogP contribution in [0, 0.1) is 0 Å². The van der Waals surface area contributed by atoms with E-state index in [1.807, 2.05) is 0 Å². The van der Waals surface area contributed by atoms with Crippen molar-refractivity contribution in [3.05, 3.63) is 12.2 Å². The summed E-state index contributed by atoms with van der Waals surface area (Å²) in [5.74, 6) is -0.584. The molecule has 0 saturated carbocycles. The minimum absolute atomic E-state index is 0.0621. The van der Waals surface area contributed by atoms with Gasteiger partial charge in [-0.15, -0.1) is 0 Å². The van der Waals surface area contributed by atoms with E-state index in [4.69, 9.17) is 9.47 Å². The fourth-order valence-electron chi connectivity index (χ4n) is 6.14. The number of carbonyl (C=O) groups is 2. The van der Waals surface area contributed by atoms with Gasteiger partial charge in [0, 0.05) is 12.8 Å². The average molecular weight is 665 g/mol. The maximum atomic E-state index is 12.2. The Bertz CT molecular complexity index is 676. The molecule has 0 aromatic heterocycles. The number of aliphatic hydroxyl groups is 1. The zero-order valence-electron chi connectivity index (χ0n) is 31.6. The average Bonchev–Trinajstić information content (AvgIpc) is 3.07. The molecule has 0 aromatic rings. The van der Waals surface area contributed by atoms with Gasteiger partial charge in [-0.1, -0.05) is 187 Å². The summed E-state index contributed by atoms with van der Waals surface area (Å²) in [6, 6.07) is 0. The summed E-state index contributed by atoms with van der Waals surface area (Å²) in [6.07, 6.45) is 44.1. The van der Waals surface area contributed by atoms with Gasteiger partial charge in [0.25, 0.3) is 0 Å². The Labute approximate surface area is 292 Å². The molecule has 0 fully saturated rings. The topological polar surface area (TPSA) is 72.8 Å². The Kier molecular flexibility index (Phi) is 38.0. The molecule has 0 amide bonds. The van der Waals surface area contributed by atoms with Crippen LogP contribution in [-0.2, 0) is 19.1 Å². The second kappa shape index (κ2) is 39.1. The van der Waals surface area contributed by atoms with E-state index < -0.39 is 6.10 Å². The van der Waals surface area contributed by atoms with E-state index in [2.05, 4.69) is 26.0 Å². The van der Waals surface area contributed by atoms with Crippen LogP contribution in [-0.4, -0.2) is 36.4 Å². The molecule has 0 saturated heterocycles. The lowest BCUT2D eigenvalue weighted by Crippen LogP contribution is -2.28. The van der Waals surface area contributed by atoms with Gasteiger partial charge >= 0.3 is 11.9 Å². The van der Waals surface area contributed by atoms with Crippen LogP contribution in [0.2, 0.25) is 0 Å². The minimum atomic E-state index is -0.766. The number of carbonyl (C=O) groups excluding carboxylic acids is 2. The molecule has 47 heavy (non-hydrogen) atoms. The lowest BCUT2D eigenvalue weighted by atomic mass is 10.0. The number of aliphatic hydroxyl groups excluding tert-OH is 1. The first-order valence-electron chi connectivity index (χ1n) is 20.7. The predicted octanol–water partition coefficient (Wildman–Crippen LogP) is 12.9. The monoisotopic (exact) mass is 665 g/mol. The number of ether oxygens (including phenoxy) is 2.